The van der Waals surface area contributed by atoms with E-state index in [-0.39, 0.29) is 5.91 Å². The lowest BCUT2D eigenvalue weighted by Crippen LogP contribution is -2.29. The lowest BCUT2D eigenvalue weighted by Gasteiger charge is -2.16. The van der Waals surface area contributed by atoms with Crippen molar-refractivity contribution in [3.8, 4) is 0 Å². The van der Waals surface area contributed by atoms with Crippen LogP contribution in [0, 0.1) is 17.6 Å². The third-order valence-corrected chi connectivity index (χ3v) is 3.44. The summed E-state index contributed by atoms with van der Waals surface area (Å²) < 4.78 is 26.4. The van der Waals surface area contributed by atoms with Gasteiger partial charge in [-0.2, -0.15) is 0 Å². The lowest BCUT2D eigenvalue weighted by molar-refractivity contribution is -0.122. The van der Waals surface area contributed by atoms with Gasteiger partial charge in [-0.15, -0.1) is 0 Å². The first kappa shape index (κ1) is 13.9. The van der Waals surface area contributed by atoms with Crippen LogP contribution in [0.3, 0.4) is 0 Å². The summed E-state index contributed by atoms with van der Waals surface area (Å²) in [7, 11) is 0. The van der Waals surface area contributed by atoms with Crippen molar-refractivity contribution in [3.63, 3.8) is 0 Å². The lowest BCUT2D eigenvalue weighted by atomic mass is 10.0. The molecule has 1 fully saturated rings. The number of carbonyl (C=O) groups is 1. The number of hydrogen-bond acceptors (Lipinski definition) is 2. The molecule has 1 heterocycles. The molecule has 0 bridgehead atoms. The third kappa shape index (κ3) is 3.73. The Balaban J connectivity index is 1.92. The highest BCUT2D eigenvalue weighted by molar-refractivity contribution is 5.76. The summed E-state index contributed by atoms with van der Waals surface area (Å²) in [5, 5.41) is 5.95. The molecule has 2 N–H and O–H groups in total. The Hall–Kier alpha value is -1.49. The molecule has 0 saturated carbocycles. The summed E-state index contributed by atoms with van der Waals surface area (Å²) in [5.41, 5.74) is 0.305. The van der Waals surface area contributed by atoms with Gasteiger partial charge in [-0.05, 0) is 38.4 Å². The number of hydrogen-bond donors (Lipinski definition) is 2. The molecule has 1 aromatic rings. The average molecular weight is 268 g/mol. The van der Waals surface area contributed by atoms with Crippen LogP contribution in [0.2, 0.25) is 0 Å². The normalized spacial score (nSPS) is 20.3. The van der Waals surface area contributed by atoms with E-state index in [1.807, 2.05) is 0 Å². The van der Waals surface area contributed by atoms with Crippen LogP contribution in [-0.4, -0.2) is 19.0 Å². The van der Waals surface area contributed by atoms with Crippen LogP contribution in [0.1, 0.15) is 31.4 Å². The van der Waals surface area contributed by atoms with Gasteiger partial charge < -0.3 is 10.6 Å². The zero-order chi connectivity index (χ0) is 13.8. The van der Waals surface area contributed by atoms with Crippen molar-refractivity contribution in [1.29, 1.82) is 0 Å². The molecule has 0 aromatic heterocycles. The summed E-state index contributed by atoms with van der Waals surface area (Å²) in [5.74, 6) is -0.984. The van der Waals surface area contributed by atoms with E-state index >= 15 is 0 Å². The van der Waals surface area contributed by atoms with Crippen LogP contribution in [-0.2, 0) is 4.79 Å². The van der Waals surface area contributed by atoms with Gasteiger partial charge in [0.25, 0.3) is 0 Å². The van der Waals surface area contributed by atoms with Gasteiger partial charge in [-0.3, -0.25) is 4.79 Å². The molecule has 2 rings (SSSR count). The summed E-state index contributed by atoms with van der Waals surface area (Å²) in [6.45, 7) is 3.49. The standard InChI is InChI=1S/C14H18F2N2O/c1-9(12-3-2-11(15)7-13(12)16)18-14(19)6-10-4-5-17-8-10/h2-3,7,9-10,17H,4-6,8H2,1H3,(H,18,19). The topological polar surface area (TPSA) is 41.1 Å². The highest BCUT2D eigenvalue weighted by atomic mass is 19.1. The second kappa shape index (κ2) is 6.10. The van der Waals surface area contributed by atoms with Gasteiger partial charge in [0.2, 0.25) is 5.91 Å². The quantitative estimate of drug-likeness (QED) is 0.878. The van der Waals surface area contributed by atoms with Gasteiger partial charge in [0.15, 0.2) is 0 Å². The molecule has 19 heavy (non-hydrogen) atoms. The van der Waals surface area contributed by atoms with E-state index in [0.29, 0.717) is 17.9 Å². The maximum atomic E-state index is 13.6. The Labute approximate surface area is 111 Å². The molecule has 1 aromatic carbocycles. The molecule has 5 heteroatoms. The Morgan fingerprint density at radius 2 is 2.32 bits per heavy atom. The first-order valence-electron chi connectivity index (χ1n) is 6.51. The molecule has 1 saturated heterocycles. The van der Waals surface area contributed by atoms with E-state index in [1.165, 1.54) is 12.1 Å². The van der Waals surface area contributed by atoms with Crippen LogP contribution in [0.15, 0.2) is 18.2 Å². The predicted molar refractivity (Wildman–Crippen MR) is 68.5 cm³/mol. The van der Waals surface area contributed by atoms with Gasteiger partial charge in [0.1, 0.15) is 11.6 Å². The smallest absolute Gasteiger partial charge is 0.220 e. The molecular weight excluding hydrogens is 250 g/mol. The highest BCUT2D eigenvalue weighted by Crippen LogP contribution is 2.19. The van der Waals surface area contributed by atoms with Crippen LogP contribution in [0.5, 0.6) is 0 Å². The number of carbonyl (C=O) groups excluding carboxylic acids is 1. The van der Waals surface area contributed by atoms with Gasteiger partial charge in [0.05, 0.1) is 6.04 Å². The zero-order valence-electron chi connectivity index (χ0n) is 10.9. The monoisotopic (exact) mass is 268 g/mol. The number of benzene rings is 1. The Kier molecular flexibility index (Phi) is 4.47. The van der Waals surface area contributed by atoms with Gasteiger partial charge in [-0.1, -0.05) is 6.07 Å². The molecule has 0 spiro atoms. The molecular formula is C14H18F2N2O. The van der Waals surface area contributed by atoms with E-state index in [0.717, 1.165) is 25.6 Å². The maximum absolute atomic E-state index is 13.6. The molecule has 1 aliphatic rings. The van der Waals surface area contributed by atoms with Crippen molar-refractivity contribution < 1.29 is 13.6 Å². The fraction of sp³-hybridized carbons (Fsp3) is 0.500. The first-order valence-corrected chi connectivity index (χ1v) is 6.51. The van der Waals surface area contributed by atoms with E-state index in [1.54, 1.807) is 6.92 Å². The van der Waals surface area contributed by atoms with Gasteiger partial charge >= 0.3 is 0 Å². The molecule has 2 unspecified atom stereocenters. The summed E-state index contributed by atoms with van der Waals surface area (Å²) >= 11 is 0. The number of nitrogens with one attached hydrogen (secondary N) is 2. The van der Waals surface area contributed by atoms with E-state index < -0.39 is 17.7 Å². The Morgan fingerprint density at radius 1 is 1.53 bits per heavy atom. The minimum atomic E-state index is -0.629. The first-order chi connectivity index (χ1) is 9.06. The second-order valence-electron chi connectivity index (χ2n) is 5.02. The zero-order valence-corrected chi connectivity index (χ0v) is 10.9. The fourth-order valence-corrected chi connectivity index (χ4v) is 2.38. The second-order valence-corrected chi connectivity index (χ2v) is 5.02. The van der Waals surface area contributed by atoms with Gasteiger partial charge in [0, 0.05) is 18.1 Å². The number of rotatable bonds is 4. The third-order valence-electron chi connectivity index (χ3n) is 3.44. The predicted octanol–water partition coefficient (Wildman–Crippen LogP) is 2.14. The van der Waals surface area contributed by atoms with Crippen LogP contribution in [0.4, 0.5) is 8.78 Å². The fourth-order valence-electron chi connectivity index (χ4n) is 2.38. The highest BCUT2D eigenvalue weighted by Gasteiger charge is 2.20. The Morgan fingerprint density at radius 3 is 2.95 bits per heavy atom. The Bertz CT molecular complexity index is 459. The van der Waals surface area contributed by atoms with Crippen LogP contribution in [0.25, 0.3) is 0 Å². The molecule has 0 radical (unpaired) electrons. The molecule has 1 amide bonds. The number of halogens is 2. The maximum Gasteiger partial charge on any atom is 0.220 e. The van der Waals surface area contributed by atoms with Gasteiger partial charge in [-0.25, -0.2) is 8.78 Å². The van der Waals surface area contributed by atoms with Crippen molar-refractivity contribution in [2.75, 3.05) is 13.1 Å². The minimum absolute atomic E-state index is 0.0927. The molecule has 0 aliphatic carbocycles. The molecule has 104 valence electrons. The number of amides is 1. The largest absolute Gasteiger partial charge is 0.349 e. The summed E-state index contributed by atoms with van der Waals surface area (Å²) in [6, 6.07) is 2.94. The summed E-state index contributed by atoms with van der Waals surface area (Å²) in [6.07, 6.45) is 1.44. The molecule has 3 nitrogen and oxygen atoms in total. The van der Waals surface area contributed by atoms with Crippen molar-refractivity contribution in [2.45, 2.75) is 25.8 Å². The van der Waals surface area contributed by atoms with E-state index in [4.69, 9.17) is 0 Å². The van der Waals surface area contributed by atoms with E-state index in [9.17, 15) is 13.6 Å². The van der Waals surface area contributed by atoms with Crippen molar-refractivity contribution in [1.82, 2.24) is 10.6 Å². The SMILES string of the molecule is CC(NC(=O)CC1CCNC1)c1ccc(F)cc1F. The average Bonchev–Trinajstić information content (AvgIpc) is 2.81. The molecule has 1 aliphatic heterocycles. The van der Waals surface area contributed by atoms with Crippen molar-refractivity contribution >= 4 is 5.91 Å². The van der Waals surface area contributed by atoms with Crippen LogP contribution < -0.4 is 10.6 Å². The van der Waals surface area contributed by atoms with Crippen LogP contribution >= 0.6 is 0 Å². The minimum Gasteiger partial charge on any atom is -0.349 e. The summed E-state index contributed by atoms with van der Waals surface area (Å²) in [4.78, 5) is 11.8. The van der Waals surface area contributed by atoms with Crippen molar-refractivity contribution in [3.05, 3.63) is 35.4 Å². The van der Waals surface area contributed by atoms with E-state index in [2.05, 4.69) is 10.6 Å². The van der Waals surface area contributed by atoms with Crippen molar-refractivity contribution in [2.24, 2.45) is 5.92 Å². The molecule has 2 atom stereocenters.